The van der Waals surface area contributed by atoms with E-state index < -0.39 is 37.2 Å². The van der Waals surface area contributed by atoms with Crippen molar-refractivity contribution < 1.29 is 58.5 Å². The van der Waals surface area contributed by atoms with Gasteiger partial charge in [0.2, 0.25) is 0 Å². The summed E-state index contributed by atoms with van der Waals surface area (Å²) in [5, 5.41) is 75.7. The summed E-state index contributed by atoms with van der Waals surface area (Å²) in [7, 11) is -4.62. The Morgan fingerprint density at radius 3 is 1.84 bits per heavy atom. The first-order valence-electron chi connectivity index (χ1n) is 13.5. The van der Waals surface area contributed by atoms with E-state index in [-0.39, 0.29) is 54.4 Å². The molecule has 49 heavy (non-hydrogen) atoms. The van der Waals surface area contributed by atoms with Crippen LogP contribution in [0.15, 0.2) is 128 Å². The second-order valence-electron chi connectivity index (χ2n) is 9.80. The van der Waals surface area contributed by atoms with Crippen molar-refractivity contribution in [3.05, 3.63) is 118 Å². The molecule has 0 aromatic heterocycles. The minimum atomic E-state index is -4.62. The van der Waals surface area contributed by atoms with Crippen molar-refractivity contribution in [2.24, 2.45) is 20.5 Å². The van der Waals surface area contributed by atoms with Crippen molar-refractivity contribution in [1.29, 1.82) is 0 Å². The largest absolute Gasteiger partial charge is 3.00 e. The molecule has 0 aliphatic carbocycles. The van der Waals surface area contributed by atoms with Crippen LogP contribution in [0.1, 0.15) is 2.85 Å². The first-order valence-corrected chi connectivity index (χ1v) is 15.2. The van der Waals surface area contributed by atoms with Crippen molar-refractivity contribution in [3.8, 4) is 23.0 Å². The normalized spacial score (nSPS) is 11.4. The summed E-state index contributed by atoms with van der Waals surface area (Å²) in [6.07, 6.45) is 0. The number of nitro groups is 1. The van der Waals surface area contributed by atoms with Crippen LogP contribution in [0.5, 0.6) is 23.0 Å². The number of non-ortho nitro benzene ring substituents is 1. The molecule has 1 radical (unpaired) electrons. The van der Waals surface area contributed by atoms with Gasteiger partial charge in [-0.1, -0.05) is 95.3 Å². The van der Waals surface area contributed by atoms with Crippen molar-refractivity contribution in [1.82, 2.24) is 0 Å². The third-order valence-electron chi connectivity index (χ3n) is 6.67. The molecule has 0 bridgehead atoms. The fraction of sp³-hybridized carbons (Fsp3) is 0. The van der Waals surface area contributed by atoms with Crippen LogP contribution in [0.25, 0.3) is 21.5 Å². The standard InChI is InChI=1S/C16H11ClN2O5S.C16H11N3O4.Cr/c17-10-2-6-14(20)13(8-10)18-19-16-12-4-3-11(25(22,23)24)7-9(12)1-5-15(16)21;20-14-8-5-10-3-1-2-4-12(10)16(14)18-17-13-7-6-11(19(22)23)9-15(13)21;/h1-8,20-21H,(H,22,23,24);1-9,20-21H;/q;;+3/p-3. The predicted molar refractivity (Wildman–Crippen MR) is 169 cm³/mol. The Kier molecular flexibility index (Phi) is 11.1. The van der Waals surface area contributed by atoms with Crippen LogP contribution in [-0.2, 0) is 27.5 Å². The van der Waals surface area contributed by atoms with E-state index in [1.165, 1.54) is 48.5 Å². The average Bonchev–Trinajstić information content (AvgIpc) is 3.05. The third-order valence-corrected chi connectivity index (χ3v) is 7.74. The molecule has 0 saturated heterocycles. The van der Waals surface area contributed by atoms with E-state index in [1.807, 2.05) is 12.1 Å². The molecule has 6 aromatic rings. The van der Waals surface area contributed by atoms with Crippen molar-refractivity contribution in [3.63, 3.8) is 0 Å². The molecular formula is C32H19ClCrN5O9S. The first kappa shape index (κ1) is 36.2. The Morgan fingerprint density at radius 1 is 0.612 bits per heavy atom. The van der Waals surface area contributed by atoms with Crippen LogP contribution < -0.4 is 20.4 Å². The monoisotopic (exact) mass is 736 g/mol. The molecule has 0 N–H and O–H groups in total. The number of rotatable bonds is 6. The molecule has 245 valence electrons. The van der Waals surface area contributed by atoms with E-state index in [0.29, 0.717) is 21.2 Å². The Labute approximate surface area is 295 Å². The maximum atomic E-state index is 12.1. The molecule has 0 unspecified atom stereocenters. The van der Waals surface area contributed by atoms with Crippen LogP contribution in [0.4, 0.5) is 28.4 Å². The Balaban J connectivity index is 0.000000335. The fourth-order valence-corrected chi connectivity index (χ4v) is 5.02. The van der Waals surface area contributed by atoms with Gasteiger partial charge in [-0.3, -0.25) is 10.1 Å². The van der Waals surface area contributed by atoms with Gasteiger partial charge in [-0.15, -0.1) is 0 Å². The van der Waals surface area contributed by atoms with Crippen molar-refractivity contribution in [2.45, 2.75) is 4.90 Å². The smallest absolute Gasteiger partial charge is 0.871 e. The van der Waals surface area contributed by atoms with E-state index in [9.17, 15) is 43.5 Å². The zero-order valence-corrected chi connectivity index (χ0v) is 27.3. The number of fused-ring (bicyclic) bond motifs is 2. The Bertz CT molecular complexity index is 2400. The fourth-order valence-electron chi connectivity index (χ4n) is 4.34. The minimum Gasteiger partial charge on any atom is -0.871 e. The van der Waals surface area contributed by atoms with Crippen LogP contribution in [-0.4, -0.2) is 17.9 Å². The summed E-state index contributed by atoms with van der Waals surface area (Å²) in [4.78, 5) is 9.52. The quantitative estimate of drug-likeness (QED) is 0.0783. The number of nitro benzene ring substituents is 1. The van der Waals surface area contributed by atoms with Gasteiger partial charge in [0.05, 0.1) is 32.6 Å². The second-order valence-corrected chi connectivity index (χ2v) is 11.6. The van der Waals surface area contributed by atoms with Gasteiger partial charge in [-0.25, -0.2) is 8.42 Å². The second kappa shape index (κ2) is 15.1. The molecular weight excluding hydrogens is 718 g/mol. The predicted octanol–water partition coefficient (Wildman–Crippen LogP) is 6.49. The van der Waals surface area contributed by atoms with E-state index in [4.69, 9.17) is 11.6 Å². The maximum Gasteiger partial charge on any atom is 3.00 e. The summed E-state index contributed by atoms with van der Waals surface area (Å²) in [5.41, 5.74) is -0.373. The third kappa shape index (κ3) is 8.46. The summed E-state index contributed by atoms with van der Waals surface area (Å²) in [6, 6.07) is 23.5. The molecule has 0 aliphatic rings. The summed E-state index contributed by atoms with van der Waals surface area (Å²) >= 11 is 5.80. The number of hydrogen-bond donors (Lipinski definition) is 0. The average molecular weight is 737 g/mol. The van der Waals surface area contributed by atoms with Crippen LogP contribution >= 0.6 is 11.6 Å². The van der Waals surface area contributed by atoms with E-state index in [1.54, 1.807) is 18.2 Å². The summed E-state index contributed by atoms with van der Waals surface area (Å²) in [5.74, 6) is -1.83. The molecule has 0 saturated carbocycles. The molecule has 14 nitrogen and oxygen atoms in total. The molecule has 17 heteroatoms. The van der Waals surface area contributed by atoms with Crippen LogP contribution in [0, 0.1) is 10.1 Å². The first-order chi connectivity index (χ1) is 22.8. The zero-order valence-electron chi connectivity index (χ0n) is 26.4. The summed E-state index contributed by atoms with van der Waals surface area (Å²) < 4.78 is 33.3. The molecule has 0 amide bonds. The Morgan fingerprint density at radius 2 is 1.20 bits per heavy atom. The van der Waals surface area contributed by atoms with Gasteiger partial charge < -0.3 is 25.0 Å². The van der Waals surface area contributed by atoms with Gasteiger partial charge >= 0.3 is 20.2 Å². The molecule has 0 atom stereocenters. The van der Waals surface area contributed by atoms with Crippen LogP contribution in [0.3, 0.4) is 0 Å². The van der Waals surface area contributed by atoms with Gasteiger partial charge in [0.1, 0.15) is 10.1 Å². The number of azo groups is 2. The maximum absolute atomic E-state index is 12.1. The summed E-state index contributed by atoms with van der Waals surface area (Å²) in [6.45, 7) is 0. The van der Waals surface area contributed by atoms with Crippen molar-refractivity contribution in [2.75, 3.05) is 0 Å². The van der Waals surface area contributed by atoms with Crippen LogP contribution in [0.2, 0.25) is 5.02 Å². The van der Waals surface area contributed by atoms with E-state index >= 15 is 0 Å². The molecule has 0 fully saturated rings. The van der Waals surface area contributed by atoms with Crippen molar-refractivity contribution >= 4 is 71.7 Å². The van der Waals surface area contributed by atoms with E-state index in [0.717, 1.165) is 29.7 Å². The van der Waals surface area contributed by atoms with Gasteiger partial charge in [0, 0.05) is 27.9 Å². The van der Waals surface area contributed by atoms with Gasteiger partial charge in [0.25, 0.3) is 5.69 Å². The number of benzene rings is 6. The molecule has 0 heterocycles. The molecule has 0 aliphatic heterocycles. The SMILES string of the molecule is O=S(=O)([O-])c1ccc2c(N=Nc3cc(Cl)ccc3[O-])c([O-])ccc2c1.O=[N+]([O-])c1ccc(N=Nc2c([O-])ccc3ccccc23)c([O-])c1.[Cr+3].[H+].[H+]. The molecule has 6 aromatic carbocycles. The van der Waals surface area contributed by atoms with E-state index in [2.05, 4.69) is 20.5 Å². The minimum absolute atomic E-state index is 0. The zero-order chi connectivity index (χ0) is 34.6. The number of hydrogen-bond acceptors (Lipinski definition) is 13. The van der Waals surface area contributed by atoms with Gasteiger partial charge in [-0.2, -0.15) is 20.5 Å². The number of halogens is 1. The Hall–Kier alpha value is -5.63. The van der Waals surface area contributed by atoms with Gasteiger partial charge in [0.15, 0.2) is 0 Å². The molecule has 0 spiro atoms. The number of nitrogens with zero attached hydrogens (tertiary/aromatic N) is 5. The molecule has 6 rings (SSSR count). The topological polar surface area (TPSA) is 242 Å². The van der Waals surface area contributed by atoms with Gasteiger partial charge in [-0.05, 0) is 41.1 Å².